The van der Waals surface area contributed by atoms with Crippen LogP contribution in [0.4, 0.5) is 0 Å². The number of ether oxygens (including phenoxy) is 2. The number of carboxylic acids is 1. The maximum atomic E-state index is 11.7. The zero-order chi connectivity index (χ0) is 15.9. The number of hydrogen-bond donors (Lipinski definition) is 2. The van der Waals surface area contributed by atoms with E-state index in [9.17, 15) is 9.59 Å². The lowest BCUT2D eigenvalue weighted by Gasteiger charge is -2.23. The second-order valence-corrected chi connectivity index (χ2v) is 4.96. The van der Waals surface area contributed by atoms with E-state index in [-0.39, 0.29) is 19.1 Å². The topological polar surface area (TPSA) is 84.9 Å². The van der Waals surface area contributed by atoms with Gasteiger partial charge in [0.15, 0.2) is 6.61 Å². The molecule has 1 aromatic carbocycles. The first kappa shape index (κ1) is 16.8. The summed E-state index contributed by atoms with van der Waals surface area (Å²) >= 11 is 0. The molecule has 0 bridgehead atoms. The Morgan fingerprint density at radius 1 is 1.24 bits per heavy atom. The summed E-state index contributed by atoms with van der Waals surface area (Å²) in [5.41, 5.74) is -0.963. The Balaban J connectivity index is 2.41. The molecular weight excluding hydrogens is 274 g/mol. The Bertz CT molecular complexity index is 485. The van der Waals surface area contributed by atoms with Gasteiger partial charge in [-0.05, 0) is 37.6 Å². The van der Waals surface area contributed by atoms with Gasteiger partial charge in [-0.1, -0.05) is 6.92 Å². The minimum Gasteiger partial charge on any atom is -0.497 e. The Hall–Kier alpha value is -2.24. The Morgan fingerprint density at radius 3 is 2.29 bits per heavy atom. The van der Waals surface area contributed by atoms with Crippen molar-refractivity contribution in [1.29, 1.82) is 0 Å². The molecule has 6 heteroatoms. The van der Waals surface area contributed by atoms with E-state index in [4.69, 9.17) is 14.6 Å². The van der Waals surface area contributed by atoms with Crippen molar-refractivity contribution in [3.63, 3.8) is 0 Å². The van der Waals surface area contributed by atoms with Crippen LogP contribution in [0.1, 0.15) is 20.3 Å². The highest BCUT2D eigenvalue weighted by Gasteiger charge is 2.31. The molecule has 0 aliphatic carbocycles. The molecule has 0 saturated heterocycles. The van der Waals surface area contributed by atoms with Crippen LogP contribution in [0, 0.1) is 5.41 Å². The van der Waals surface area contributed by atoms with Crippen molar-refractivity contribution in [3.05, 3.63) is 24.3 Å². The van der Waals surface area contributed by atoms with Gasteiger partial charge in [-0.15, -0.1) is 0 Å². The largest absolute Gasteiger partial charge is 0.497 e. The molecule has 0 heterocycles. The van der Waals surface area contributed by atoms with Crippen LogP contribution in [0.25, 0.3) is 0 Å². The summed E-state index contributed by atoms with van der Waals surface area (Å²) in [5, 5.41) is 11.7. The van der Waals surface area contributed by atoms with Crippen molar-refractivity contribution < 1.29 is 24.2 Å². The van der Waals surface area contributed by atoms with E-state index in [0.717, 1.165) is 0 Å². The second kappa shape index (κ2) is 7.52. The summed E-state index contributed by atoms with van der Waals surface area (Å²) in [5.74, 6) is -0.0393. The maximum Gasteiger partial charge on any atom is 0.311 e. The molecule has 1 atom stereocenters. The van der Waals surface area contributed by atoms with Gasteiger partial charge in [0.25, 0.3) is 5.91 Å². The summed E-state index contributed by atoms with van der Waals surface area (Å²) in [6.45, 7) is 3.28. The number of nitrogens with one attached hydrogen (secondary N) is 1. The molecule has 0 fully saturated rings. The van der Waals surface area contributed by atoms with Crippen molar-refractivity contribution in [3.8, 4) is 11.5 Å². The van der Waals surface area contributed by atoms with Gasteiger partial charge >= 0.3 is 5.97 Å². The number of amides is 1. The van der Waals surface area contributed by atoms with Gasteiger partial charge in [0.1, 0.15) is 11.5 Å². The van der Waals surface area contributed by atoms with Gasteiger partial charge in [0, 0.05) is 6.54 Å². The quantitative estimate of drug-likeness (QED) is 0.762. The zero-order valence-corrected chi connectivity index (χ0v) is 12.5. The first-order valence-corrected chi connectivity index (χ1v) is 6.68. The van der Waals surface area contributed by atoms with Gasteiger partial charge in [-0.2, -0.15) is 0 Å². The van der Waals surface area contributed by atoms with Crippen LogP contribution in [0.3, 0.4) is 0 Å². The van der Waals surface area contributed by atoms with Crippen LogP contribution in [0.15, 0.2) is 24.3 Å². The molecule has 1 aromatic rings. The van der Waals surface area contributed by atoms with Crippen LogP contribution in [0.5, 0.6) is 11.5 Å². The van der Waals surface area contributed by atoms with Crippen LogP contribution in [-0.2, 0) is 9.59 Å². The lowest BCUT2D eigenvalue weighted by atomic mass is 9.88. The van der Waals surface area contributed by atoms with E-state index >= 15 is 0 Å². The SMILES string of the molecule is CCC(C)(CNC(=O)COc1ccc(OC)cc1)C(=O)O. The first-order valence-electron chi connectivity index (χ1n) is 6.68. The normalized spacial score (nSPS) is 13.1. The zero-order valence-electron chi connectivity index (χ0n) is 12.5. The summed E-state index contributed by atoms with van der Waals surface area (Å²) in [7, 11) is 1.57. The minimum atomic E-state index is -0.963. The Morgan fingerprint density at radius 2 is 1.81 bits per heavy atom. The molecule has 21 heavy (non-hydrogen) atoms. The number of carbonyl (C=O) groups is 2. The summed E-state index contributed by atoms with van der Waals surface area (Å²) in [4.78, 5) is 22.8. The fourth-order valence-electron chi connectivity index (χ4n) is 1.52. The highest BCUT2D eigenvalue weighted by Crippen LogP contribution is 2.20. The van der Waals surface area contributed by atoms with Crippen LogP contribution in [-0.4, -0.2) is 37.2 Å². The van der Waals surface area contributed by atoms with Crippen molar-refractivity contribution in [2.24, 2.45) is 5.41 Å². The van der Waals surface area contributed by atoms with Gasteiger partial charge < -0.3 is 19.9 Å². The first-order chi connectivity index (χ1) is 9.91. The fraction of sp³-hybridized carbons (Fsp3) is 0.467. The molecule has 0 aliphatic heterocycles. The van der Waals surface area contributed by atoms with Crippen molar-refractivity contribution in [2.75, 3.05) is 20.3 Å². The van der Waals surface area contributed by atoms with Crippen LogP contribution in [0.2, 0.25) is 0 Å². The molecule has 1 unspecified atom stereocenters. The summed E-state index contributed by atoms with van der Waals surface area (Å²) < 4.78 is 10.3. The molecule has 6 nitrogen and oxygen atoms in total. The molecule has 2 N–H and O–H groups in total. The second-order valence-electron chi connectivity index (χ2n) is 4.96. The van der Waals surface area contributed by atoms with E-state index in [1.807, 2.05) is 0 Å². The van der Waals surface area contributed by atoms with Gasteiger partial charge in [0.2, 0.25) is 0 Å². The minimum absolute atomic E-state index is 0.0731. The molecule has 0 spiro atoms. The van der Waals surface area contributed by atoms with Gasteiger partial charge in [-0.3, -0.25) is 9.59 Å². The predicted octanol–water partition coefficient (Wildman–Crippen LogP) is 1.69. The Kier molecular flexibility index (Phi) is 6.02. The number of carbonyl (C=O) groups excluding carboxylic acids is 1. The van der Waals surface area contributed by atoms with Crippen molar-refractivity contribution in [2.45, 2.75) is 20.3 Å². The third-order valence-electron chi connectivity index (χ3n) is 3.40. The van der Waals surface area contributed by atoms with E-state index in [1.54, 1.807) is 45.2 Å². The Labute approximate surface area is 124 Å². The standard InChI is InChI=1S/C15H21NO5/c1-4-15(2,14(18)19)10-16-13(17)9-21-12-7-5-11(20-3)6-8-12/h5-8H,4,9-10H2,1-3H3,(H,16,17)(H,18,19). The van der Waals surface area contributed by atoms with Crippen molar-refractivity contribution in [1.82, 2.24) is 5.32 Å². The number of hydrogen-bond acceptors (Lipinski definition) is 4. The monoisotopic (exact) mass is 295 g/mol. The summed E-state index contributed by atoms with van der Waals surface area (Å²) in [6, 6.07) is 6.84. The third kappa shape index (κ3) is 4.98. The van der Waals surface area contributed by atoms with E-state index in [1.165, 1.54) is 0 Å². The fourth-order valence-corrected chi connectivity index (χ4v) is 1.52. The van der Waals surface area contributed by atoms with E-state index in [2.05, 4.69) is 5.32 Å². The summed E-state index contributed by atoms with van der Waals surface area (Å²) in [6.07, 6.45) is 0.432. The van der Waals surface area contributed by atoms with E-state index in [0.29, 0.717) is 17.9 Å². The predicted molar refractivity (Wildman–Crippen MR) is 77.5 cm³/mol. The lowest BCUT2D eigenvalue weighted by molar-refractivity contribution is -0.148. The van der Waals surface area contributed by atoms with Crippen LogP contribution >= 0.6 is 0 Å². The number of carboxylic acid groups (broad SMARTS) is 1. The molecule has 1 rings (SSSR count). The molecule has 0 saturated carbocycles. The lowest BCUT2D eigenvalue weighted by Crippen LogP contribution is -2.42. The van der Waals surface area contributed by atoms with Gasteiger partial charge in [-0.25, -0.2) is 0 Å². The molecule has 0 aromatic heterocycles. The average Bonchev–Trinajstić information content (AvgIpc) is 2.50. The molecule has 0 aliphatic rings. The van der Waals surface area contributed by atoms with Crippen molar-refractivity contribution >= 4 is 11.9 Å². The highest BCUT2D eigenvalue weighted by molar-refractivity contribution is 5.79. The van der Waals surface area contributed by atoms with Crippen LogP contribution < -0.4 is 14.8 Å². The number of methoxy groups -OCH3 is 1. The van der Waals surface area contributed by atoms with E-state index < -0.39 is 11.4 Å². The average molecular weight is 295 g/mol. The molecular formula is C15H21NO5. The highest BCUT2D eigenvalue weighted by atomic mass is 16.5. The molecule has 0 radical (unpaired) electrons. The third-order valence-corrected chi connectivity index (χ3v) is 3.40. The number of benzene rings is 1. The number of aliphatic carboxylic acids is 1. The maximum absolute atomic E-state index is 11.7. The molecule has 1 amide bonds. The number of rotatable bonds is 8. The smallest absolute Gasteiger partial charge is 0.311 e. The molecule has 116 valence electrons. The van der Waals surface area contributed by atoms with Gasteiger partial charge in [0.05, 0.1) is 12.5 Å².